The molecule has 0 amide bonds. The Labute approximate surface area is 84.8 Å². The molecule has 0 unspecified atom stereocenters. The molecule has 0 aromatic rings. The molecule has 0 saturated carbocycles. The zero-order valence-electron chi connectivity index (χ0n) is 8.56. The van der Waals surface area contributed by atoms with Gasteiger partial charge in [0, 0.05) is 6.42 Å². The summed E-state index contributed by atoms with van der Waals surface area (Å²) in [4.78, 5) is 0. The van der Waals surface area contributed by atoms with Crippen molar-refractivity contribution in [2.24, 2.45) is 0 Å². The Bertz CT molecular complexity index is 115. The van der Waals surface area contributed by atoms with Crippen LogP contribution in [0, 0.1) is 0 Å². The Morgan fingerprint density at radius 1 is 0.786 bits per heavy atom. The van der Waals surface area contributed by atoms with Crippen LogP contribution in [0.2, 0.25) is 0 Å². The lowest BCUT2D eigenvalue weighted by Crippen LogP contribution is -2.54. The van der Waals surface area contributed by atoms with E-state index in [4.69, 9.17) is 15.3 Å². The first-order valence-corrected chi connectivity index (χ1v) is 5.00. The number of nitrogens with zero attached hydrogens (tertiary/aromatic N) is 1. The van der Waals surface area contributed by atoms with Crippen molar-refractivity contribution < 1.29 is 24.9 Å². The summed E-state index contributed by atoms with van der Waals surface area (Å²) in [5, 5.41) is 37.1. The van der Waals surface area contributed by atoms with Crippen LogP contribution in [-0.2, 0) is 5.11 Å². The Balaban J connectivity index is 4.21. The largest absolute Gasteiger partial charge is 0.391 e. The van der Waals surface area contributed by atoms with E-state index < -0.39 is 0 Å². The maximum Gasteiger partial charge on any atom is 0.102 e. The van der Waals surface area contributed by atoms with Crippen LogP contribution >= 0.6 is 0 Å². The lowest BCUT2D eigenvalue weighted by Gasteiger charge is -2.37. The lowest BCUT2D eigenvalue weighted by molar-refractivity contribution is -0.929. The van der Waals surface area contributed by atoms with Gasteiger partial charge in [-0.3, -0.25) is 0 Å². The van der Waals surface area contributed by atoms with Gasteiger partial charge in [-0.2, -0.15) is 0 Å². The maximum absolute atomic E-state index is 10.4. The average Bonchev–Trinajstić information content (AvgIpc) is 2.16. The smallest absolute Gasteiger partial charge is 0.102 e. The van der Waals surface area contributed by atoms with Crippen LogP contribution < -0.4 is 0 Å². The summed E-state index contributed by atoms with van der Waals surface area (Å²) in [6, 6.07) is 0. The van der Waals surface area contributed by atoms with Crippen LogP contribution in [0.15, 0.2) is 0 Å². The Hall–Kier alpha value is -0.200. The summed E-state index contributed by atoms with van der Waals surface area (Å²) in [6.07, 6.45) is 0.514. The molecule has 5 heteroatoms. The van der Waals surface area contributed by atoms with E-state index in [0.29, 0.717) is 37.1 Å². The van der Waals surface area contributed by atoms with Crippen molar-refractivity contribution in [2.45, 2.75) is 6.42 Å². The zero-order chi connectivity index (χ0) is 10.9. The van der Waals surface area contributed by atoms with E-state index >= 15 is 0 Å². The Kier molecular flexibility index (Phi) is 8.02. The fourth-order valence-corrected chi connectivity index (χ4v) is 1.71. The quantitative estimate of drug-likeness (QED) is 0.407. The predicted octanol–water partition coefficient (Wildman–Crippen LogP) is -1.40. The van der Waals surface area contributed by atoms with Crippen molar-refractivity contribution in [3.8, 4) is 0 Å². The first-order valence-electron chi connectivity index (χ1n) is 5.00. The molecule has 0 heterocycles. The van der Waals surface area contributed by atoms with Crippen LogP contribution in [0.4, 0.5) is 0 Å². The molecule has 85 valence electrons. The van der Waals surface area contributed by atoms with Gasteiger partial charge in [-0.25, -0.2) is 5.11 Å². The number of aliphatic hydroxyl groups excluding tert-OH is 3. The first-order chi connectivity index (χ1) is 6.74. The molecule has 0 aromatic heterocycles. The molecule has 5 nitrogen and oxygen atoms in total. The molecule has 0 fully saturated rings. The van der Waals surface area contributed by atoms with Gasteiger partial charge in [0.1, 0.15) is 19.6 Å². The van der Waals surface area contributed by atoms with E-state index in [0.717, 1.165) is 0 Å². The monoisotopic (exact) mass is 207 g/mol. The van der Waals surface area contributed by atoms with Gasteiger partial charge >= 0.3 is 0 Å². The minimum absolute atomic E-state index is 0.0128. The summed E-state index contributed by atoms with van der Waals surface area (Å²) in [5.74, 6) is 0. The predicted molar refractivity (Wildman–Crippen MR) is 51.2 cm³/mol. The van der Waals surface area contributed by atoms with Gasteiger partial charge < -0.3 is 19.8 Å². The molecule has 0 aromatic carbocycles. The van der Waals surface area contributed by atoms with E-state index in [9.17, 15) is 5.11 Å². The topological polar surface area (TPSA) is 80.6 Å². The normalized spacial score (nSPS) is 12.0. The maximum atomic E-state index is 10.4. The summed E-state index contributed by atoms with van der Waals surface area (Å²) in [5.41, 5.74) is 0. The fraction of sp³-hybridized carbons (Fsp3) is 1.00. The highest BCUT2D eigenvalue weighted by atomic mass is 16.3. The number of hydrogen-bond acceptors (Lipinski definition) is 3. The highest BCUT2D eigenvalue weighted by Crippen LogP contribution is 2.07. The van der Waals surface area contributed by atoms with E-state index in [2.05, 4.69) is 0 Å². The highest BCUT2D eigenvalue weighted by Gasteiger charge is 2.25. The SMILES string of the molecule is [O]CCC[N+](CCO)(CCO)CCO. The summed E-state index contributed by atoms with van der Waals surface area (Å²) >= 11 is 0. The van der Waals surface area contributed by atoms with Gasteiger partial charge in [0.25, 0.3) is 0 Å². The Morgan fingerprint density at radius 3 is 1.50 bits per heavy atom. The molecule has 0 aliphatic rings. The van der Waals surface area contributed by atoms with Crippen LogP contribution in [0.1, 0.15) is 6.42 Å². The van der Waals surface area contributed by atoms with Gasteiger partial charge in [-0.1, -0.05) is 0 Å². The fourth-order valence-electron chi connectivity index (χ4n) is 1.71. The third-order valence-electron chi connectivity index (χ3n) is 2.50. The van der Waals surface area contributed by atoms with Crippen molar-refractivity contribution in [2.75, 3.05) is 52.6 Å². The number of hydrogen-bond donors (Lipinski definition) is 3. The van der Waals surface area contributed by atoms with Crippen LogP contribution in [0.3, 0.4) is 0 Å². The van der Waals surface area contributed by atoms with Crippen molar-refractivity contribution in [1.29, 1.82) is 0 Å². The van der Waals surface area contributed by atoms with Crippen molar-refractivity contribution in [1.82, 2.24) is 0 Å². The number of rotatable bonds is 9. The molecule has 1 radical (unpaired) electrons. The van der Waals surface area contributed by atoms with Crippen molar-refractivity contribution >= 4 is 0 Å². The third-order valence-corrected chi connectivity index (χ3v) is 2.50. The summed E-state index contributed by atoms with van der Waals surface area (Å²) < 4.78 is 0.436. The average molecular weight is 207 g/mol. The second kappa shape index (κ2) is 8.14. The van der Waals surface area contributed by atoms with Crippen LogP contribution in [0.25, 0.3) is 0 Å². The van der Waals surface area contributed by atoms with Crippen molar-refractivity contribution in [3.05, 3.63) is 0 Å². The molecule has 3 N–H and O–H groups in total. The molecular weight excluding hydrogens is 186 g/mol. The molecule has 0 spiro atoms. The van der Waals surface area contributed by atoms with Crippen LogP contribution in [0.5, 0.6) is 0 Å². The molecule has 0 atom stereocenters. The van der Waals surface area contributed by atoms with E-state index in [1.165, 1.54) is 0 Å². The number of aliphatic hydroxyl groups is 3. The van der Waals surface area contributed by atoms with Gasteiger partial charge in [0.05, 0.1) is 33.0 Å². The minimum Gasteiger partial charge on any atom is -0.391 e. The zero-order valence-corrected chi connectivity index (χ0v) is 8.56. The second-order valence-electron chi connectivity index (χ2n) is 3.46. The standard InChI is InChI=1S/C9H21NO4/c11-6-1-2-10(3-7-12,4-8-13)5-9-14/h12-14H,1-9H2/q+1. The van der Waals surface area contributed by atoms with E-state index in [-0.39, 0.29) is 26.4 Å². The van der Waals surface area contributed by atoms with Crippen LogP contribution in [-0.4, -0.2) is 72.4 Å². The minimum atomic E-state index is -0.151. The van der Waals surface area contributed by atoms with Gasteiger partial charge in [0.15, 0.2) is 0 Å². The Morgan fingerprint density at radius 2 is 1.21 bits per heavy atom. The van der Waals surface area contributed by atoms with E-state index in [1.54, 1.807) is 0 Å². The second-order valence-corrected chi connectivity index (χ2v) is 3.46. The molecule has 14 heavy (non-hydrogen) atoms. The van der Waals surface area contributed by atoms with E-state index in [1.807, 2.05) is 0 Å². The molecular formula is C9H21NO4+. The molecule has 0 aliphatic heterocycles. The first kappa shape index (κ1) is 13.8. The van der Waals surface area contributed by atoms with Gasteiger partial charge in [-0.05, 0) is 0 Å². The summed E-state index contributed by atoms with van der Waals surface area (Å²) in [6.45, 7) is 1.97. The highest BCUT2D eigenvalue weighted by molar-refractivity contribution is 4.45. The molecule has 0 bridgehead atoms. The van der Waals surface area contributed by atoms with Gasteiger partial charge in [-0.15, -0.1) is 0 Å². The molecule has 0 rings (SSSR count). The molecule has 0 aliphatic carbocycles. The number of quaternary nitrogens is 1. The summed E-state index contributed by atoms with van der Waals surface area (Å²) in [7, 11) is 0. The lowest BCUT2D eigenvalue weighted by atomic mass is 10.2. The molecule has 0 saturated heterocycles. The van der Waals surface area contributed by atoms with Crippen molar-refractivity contribution in [3.63, 3.8) is 0 Å². The third kappa shape index (κ3) is 4.88. The van der Waals surface area contributed by atoms with Gasteiger partial charge in [0.2, 0.25) is 0 Å².